The Bertz CT molecular complexity index is 739. The predicted molar refractivity (Wildman–Crippen MR) is 84.0 cm³/mol. The summed E-state index contributed by atoms with van der Waals surface area (Å²) < 4.78 is 25.5. The van der Waals surface area contributed by atoms with Gasteiger partial charge in [0.2, 0.25) is 10.0 Å². The van der Waals surface area contributed by atoms with Gasteiger partial charge in [0.1, 0.15) is 6.29 Å². The lowest BCUT2D eigenvalue weighted by Gasteiger charge is -2.23. The zero-order valence-corrected chi connectivity index (χ0v) is 12.8. The second-order valence-electron chi connectivity index (χ2n) is 4.97. The van der Waals surface area contributed by atoms with E-state index in [1.54, 1.807) is 18.2 Å². The molecule has 2 aromatic rings. The largest absolute Gasteiger partial charge is 0.298 e. The van der Waals surface area contributed by atoms with Crippen molar-refractivity contribution < 1.29 is 13.2 Å². The third kappa shape index (κ3) is 3.92. The number of aldehydes is 1. The van der Waals surface area contributed by atoms with Gasteiger partial charge in [0, 0.05) is 5.56 Å². The summed E-state index contributed by atoms with van der Waals surface area (Å²) in [7, 11) is -3.44. The van der Waals surface area contributed by atoms with Crippen molar-refractivity contribution in [2.24, 2.45) is 0 Å². The van der Waals surface area contributed by atoms with Gasteiger partial charge in [0.05, 0.1) is 18.5 Å². The SMILES string of the molecule is Cc1cc(C=O)cc(N(Cc2ccccc2)S(C)(=O)=O)c1. The molecule has 0 N–H and O–H groups in total. The maximum Gasteiger partial charge on any atom is 0.232 e. The number of rotatable bonds is 5. The van der Waals surface area contributed by atoms with E-state index in [-0.39, 0.29) is 6.54 Å². The Kier molecular flexibility index (Phi) is 4.43. The van der Waals surface area contributed by atoms with Gasteiger partial charge < -0.3 is 0 Å². The highest BCUT2D eigenvalue weighted by atomic mass is 32.2. The number of benzene rings is 2. The van der Waals surface area contributed by atoms with Crippen LogP contribution in [0.1, 0.15) is 21.5 Å². The van der Waals surface area contributed by atoms with Crippen LogP contribution < -0.4 is 4.31 Å². The van der Waals surface area contributed by atoms with Crippen molar-refractivity contribution in [3.05, 3.63) is 65.2 Å². The highest BCUT2D eigenvalue weighted by Gasteiger charge is 2.18. The van der Waals surface area contributed by atoms with E-state index in [9.17, 15) is 13.2 Å². The van der Waals surface area contributed by atoms with E-state index >= 15 is 0 Å². The summed E-state index contributed by atoms with van der Waals surface area (Å²) in [4.78, 5) is 11.0. The molecule has 0 bridgehead atoms. The molecule has 0 aliphatic heterocycles. The van der Waals surface area contributed by atoms with Gasteiger partial charge in [-0.1, -0.05) is 30.3 Å². The zero-order valence-electron chi connectivity index (χ0n) is 12.0. The average molecular weight is 303 g/mol. The fraction of sp³-hybridized carbons (Fsp3) is 0.188. The van der Waals surface area contributed by atoms with E-state index in [0.29, 0.717) is 11.3 Å². The molecule has 0 spiro atoms. The predicted octanol–water partition coefficient (Wildman–Crippen LogP) is 2.77. The van der Waals surface area contributed by atoms with Gasteiger partial charge in [0.25, 0.3) is 0 Å². The van der Waals surface area contributed by atoms with E-state index in [0.717, 1.165) is 17.4 Å². The van der Waals surface area contributed by atoms with Crippen molar-refractivity contribution in [1.82, 2.24) is 0 Å². The Hall–Kier alpha value is -2.14. The molecule has 21 heavy (non-hydrogen) atoms. The third-order valence-electron chi connectivity index (χ3n) is 3.08. The molecule has 2 aromatic carbocycles. The zero-order chi connectivity index (χ0) is 15.5. The number of hydrogen-bond acceptors (Lipinski definition) is 3. The van der Waals surface area contributed by atoms with Crippen molar-refractivity contribution in [2.75, 3.05) is 10.6 Å². The molecule has 0 heterocycles. The van der Waals surface area contributed by atoms with Gasteiger partial charge in [-0.3, -0.25) is 9.10 Å². The summed E-state index contributed by atoms with van der Waals surface area (Å²) in [6.45, 7) is 2.07. The molecule has 0 saturated carbocycles. The summed E-state index contributed by atoms with van der Waals surface area (Å²) in [5.74, 6) is 0. The summed E-state index contributed by atoms with van der Waals surface area (Å²) in [6.07, 6.45) is 1.89. The third-order valence-corrected chi connectivity index (χ3v) is 4.22. The Balaban J connectivity index is 2.46. The van der Waals surface area contributed by atoms with E-state index < -0.39 is 10.0 Å². The van der Waals surface area contributed by atoms with E-state index in [4.69, 9.17) is 0 Å². The normalized spacial score (nSPS) is 11.1. The van der Waals surface area contributed by atoms with Gasteiger partial charge in [-0.05, 0) is 36.2 Å². The molecule has 2 rings (SSSR count). The van der Waals surface area contributed by atoms with Gasteiger partial charge >= 0.3 is 0 Å². The first-order valence-corrected chi connectivity index (χ1v) is 8.33. The first-order chi connectivity index (χ1) is 9.90. The minimum Gasteiger partial charge on any atom is -0.298 e. The minimum atomic E-state index is -3.44. The molecular formula is C16H17NO3S. The Morgan fingerprint density at radius 2 is 1.76 bits per heavy atom. The van der Waals surface area contributed by atoms with Crippen molar-refractivity contribution in [3.63, 3.8) is 0 Å². The fourth-order valence-electron chi connectivity index (χ4n) is 2.15. The molecule has 5 heteroatoms. The van der Waals surface area contributed by atoms with E-state index in [1.165, 1.54) is 10.6 Å². The van der Waals surface area contributed by atoms with Crippen LogP contribution in [0.3, 0.4) is 0 Å². The van der Waals surface area contributed by atoms with Crippen LogP contribution in [0.25, 0.3) is 0 Å². The number of sulfonamides is 1. The second-order valence-corrected chi connectivity index (χ2v) is 6.88. The van der Waals surface area contributed by atoms with Crippen LogP contribution in [-0.4, -0.2) is 21.0 Å². The van der Waals surface area contributed by atoms with Gasteiger partial charge in [0.15, 0.2) is 0 Å². The molecule has 0 radical (unpaired) electrons. The van der Waals surface area contributed by atoms with Crippen LogP contribution in [0.4, 0.5) is 5.69 Å². The second kappa shape index (κ2) is 6.10. The van der Waals surface area contributed by atoms with Crippen LogP contribution in [0.5, 0.6) is 0 Å². The molecule has 0 amide bonds. The minimum absolute atomic E-state index is 0.238. The van der Waals surface area contributed by atoms with Gasteiger partial charge in [-0.25, -0.2) is 8.42 Å². The Morgan fingerprint density at radius 1 is 1.10 bits per heavy atom. The van der Waals surface area contributed by atoms with Crippen molar-refractivity contribution in [3.8, 4) is 0 Å². The maximum atomic E-state index is 12.1. The molecule has 0 aromatic heterocycles. The molecule has 110 valence electrons. The molecule has 0 atom stereocenters. The summed E-state index contributed by atoms with van der Waals surface area (Å²) >= 11 is 0. The Morgan fingerprint density at radius 3 is 2.33 bits per heavy atom. The van der Waals surface area contributed by atoms with E-state index in [1.807, 2.05) is 37.3 Å². The average Bonchev–Trinajstić information content (AvgIpc) is 2.44. The van der Waals surface area contributed by atoms with Gasteiger partial charge in [-0.2, -0.15) is 0 Å². The monoisotopic (exact) mass is 303 g/mol. The molecule has 0 fully saturated rings. The summed E-state index contributed by atoms with van der Waals surface area (Å²) in [6, 6.07) is 14.4. The van der Waals surface area contributed by atoms with E-state index in [2.05, 4.69) is 0 Å². The number of aryl methyl sites for hydroxylation is 1. The molecule has 0 unspecified atom stereocenters. The molecule has 0 aliphatic carbocycles. The van der Waals surface area contributed by atoms with Crippen LogP contribution in [0, 0.1) is 6.92 Å². The standard InChI is InChI=1S/C16H17NO3S/c1-13-8-15(12-18)10-16(9-13)17(21(2,19)20)11-14-6-4-3-5-7-14/h3-10,12H,11H2,1-2H3. The van der Waals surface area contributed by atoms with Gasteiger partial charge in [-0.15, -0.1) is 0 Å². The lowest BCUT2D eigenvalue weighted by Crippen LogP contribution is -2.29. The van der Waals surface area contributed by atoms with Crippen molar-refractivity contribution >= 4 is 22.0 Å². The lowest BCUT2D eigenvalue weighted by atomic mass is 10.1. The highest BCUT2D eigenvalue weighted by Crippen LogP contribution is 2.23. The molecular weight excluding hydrogens is 286 g/mol. The lowest BCUT2D eigenvalue weighted by molar-refractivity contribution is 0.112. The number of nitrogens with zero attached hydrogens (tertiary/aromatic N) is 1. The fourth-order valence-corrected chi connectivity index (χ4v) is 3.03. The number of anilines is 1. The summed E-state index contributed by atoms with van der Waals surface area (Å²) in [5.41, 5.74) is 2.70. The molecule has 0 saturated heterocycles. The highest BCUT2D eigenvalue weighted by molar-refractivity contribution is 7.92. The van der Waals surface area contributed by atoms with Crippen LogP contribution in [0.2, 0.25) is 0 Å². The molecule has 4 nitrogen and oxygen atoms in total. The smallest absolute Gasteiger partial charge is 0.232 e. The Labute approximate surface area is 125 Å². The number of carbonyl (C=O) groups excluding carboxylic acids is 1. The number of carbonyl (C=O) groups is 1. The summed E-state index contributed by atoms with van der Waals surface area (Å²) in [5, 5.41) is 0. The van der Waals surface area contributed by atoms with Crippen molar-refractivity contribution in [2.45, 2.75) is 13.5 Å². The quantitative estimate of drug-likeness (QED) is 0.798. The maximum absolute atomic E-state index is 12.1. The molecule has 0 aliphatic rings. The number of hydrogen-bond donors (Lipinski definition) is 0. The topological polar surface area (TPSA) is 54.5 Å². The van der Waals surface area contributed by atoms with Crippen LogP contribution in [0.15, 0.2) is 48.5 Å². The van der Waals surface area contributed by atoms with Crippen LogP contribution in [-0.2, 0) is 16.6 Å². The van der Waals surface area contributed by atoms with Crippen LogP contribution >= 0.6 is 0 Å². The first-order valence-electron chi connectivity index (χ1n) is 6.48. The first kappa shape index (κ1) is 15.3. The van der Waals surface area contributed by atoms with Crippen molar-refractivity contribution in [1.29, 1.82) is 0 Å².